The lowest BCUT2D eigenvalue weighted by atomic mass is 10.2. The Bertz CT molecular complexity index is 910. The van der Waals surface area contributed by atoms with Crippen molar-refractivity contribution in [2.75, 3.05) is 31.5 Å². The Morgan fingerprint density at radius 2 is 1.87 bits per heavy atom. The summed E-state index contributed by atoms with van der Waals surface area (Å²) in [6, 6.07) is 9.99. The Balaban J connectivity index is 2.00. The van der Waals surface area contributed by atoms with Crippen molar-refractivity contribution in [3.8, 4) is 0 Å². The number of aromatic nitrogens is 2. The second-order valence-corrected chi connectivity index (χ2v) is 8.11. The number of ether oxygens (including phenoxy) is 1. The highest BCUT2D eigenvalue weighted by molar-refractivity contribution is 7.53. The first-order chi connectivity index (χ1) is 14.4. The highest BCUT2D eigenvalue weighted by atomic mass is 31.2. The molecule has 2 rings (SSSR count). The summed E-state index contributed by atoms with van der Waals surface area (Å²) in [6.45, 7) is 3.27. The summed E-state index contributed by atoms with van der Waals surface area (Å²) in [5.74, 6) is -0.289. The molecule has 1 amide bonds. The number of aliphatic hydroxyl groups excluding tert-OH is 1. The fourth-order valence-electron chi connectivity index (χ4n) is 2.50. The minimum atomic E-state index is -3.44. The molecule has 11 heteroatoms. The molecular weight excluding hydrogens is 413 g/mol. The normalized spacial score (nSPS) is 12.5. The molecule has 1 heterocycles. The number of aliphatic hydroxyl groups is 1. The van der Waals surface area contributed by atoms with Crippen LogP contribution in [-0.2, 0) is 24.9 Å². The number of amides is 1. The average Bonchev–Trinajstić information content (AvgIpc) is 2.73. The van der Waals surface area contributed by atoms with Crippen LogP contribution in [0.3, 0.4) is 0 Å². The van der Waals surface area contributed by atoms with Crippen molar-refractivity contribution in [1.82, 2.24) is 9.55 Å². The number of hydrogen-bond acceptors (Lipinski definition) is 8. The molecular formula is C19H26N3O7P. The van der Waals surface area contributed by atoms with Gasteiger partial charge in [-0.1, -0.05) is 18.2 Å². The third-order valence-corrected chi connectivity index (χ3v) is 5.64. The van der Waals surface area contributed by atoms with Crippen LogP contribution in [-0.4, -0.2) is 52.8 Å². The highest BCUT2D eigenvalue weighted by Gasteiger charge is 2.26. The number of nitrogens with zero attached hydrogens (tertiary/aromatic N) is 2. The SMILES string of the molecule is CCOP(=O)(COC(CO)Cn1ccc(NC(=O)c2ccccc2)nc1=O)OCC. The van der Waals surface area contributed by atoms with Gasteiger partial charge in [0.15, 0.2) is 0 Å². The topological polar surface area (TPSA) is 129 Å². The minimum absolute atomic E-state index is 0.0342. The molecule has 1 atom stereocenters. The van der Waals surface area contributed by atoms with Crippen molar-refractivity contribution >= 4 is 19.3 Å². The molecule has 0 aliphatic heterocycles. The minimum Gasteiger partial charge on any atom is -0.394 e. The Morgan fingerprint density at radius 3 is 2.43 bits per heavy atom. The Hall–Kier alpha value is -2.36. The Morgan fingerprint density at radius 1 is 1.20 bits per heavy atom. The molecule has 1 aromatic heterocycles. The van der Waals surface area contributed by atoms with Crippen LogP contribution in [0.4, 0.5) is 5.82 Å². The van der Waals surface area contributed by atoms with E-state index >= 15 is 0 Å². The van der Waals surface area contributed by atoms with Gasteiger partial charge in [0.1, 0.15) is 12.2 Å². The summed E-state index contributed by atoms with van der Waals surface area (Å²) in [4.78, 5) is 28.3. The number of carbonyl (C=O) groups excluding carboxylic acids is 1. The van der Waals surface area contributed by atoms with Gasteiger partial charge in [-0.25, -0.2) is 4.79 Å². The highest BCUT2D eigenvalue weighted by Crippen LogP contribution is 2.48. The lowest BCUT2D eigenvalue weighted by Crippen LogP contribution is -2.32. The summed E-state index contributed by atoms with van der Waals surface area (Å²) in [6.07, 6.45) is 0.239. The predicted octanol–water partition coefficient (Wildman–Crippen LogP) is 2.10. The molecule has 0 radical (unpaired) electrons. The molecule has 0 saturated carbocycles. The van der Waals surface area contributed by atoms with Crippen LogP contribution < -0.4 is 11.0 Å². The van der Waals surface area contributed by atoms with Crippen molar-refractivity contribution in [2.45, 2.75) is 26.5 Å². The van der Waals surface area contributed by atoms with Crippen molar-refractivity contribution in [3.05, 3.63) is 58.6 Å². The van der Waals surface area contributed by atoms with Crippen molar-refractivity contribution < 1.29 is 28.3 Å². The van der Waals surface area contributed by atoms with E-state index in [9.17, 15) is 19.3 Å². The van der Waals surface area contributed by atoms with Gasteiger partial charge >= 0.3 is 13.3 Å². The summed E-state index contributed by atoms with van der Waals surface area (Å²) >= 11 is 0. The Kier molecular flexibility index (Phi) is 9.35. The van der Waals surface area contributed by atoms with Gasteiger partial charge in [0.2, 0.25) is 0 Å². The van der Waals surface area contributed by atoms with Crippen LogP contribution in [0.15, 0.2) is 47.4 Å². The van der Waals surface area contributed by atoms with Gasteiger partial charge in [0.25, 0.3) is 5.91 Å². The predicted molar refractivity (Wildman–Crippen MR) is 111 cm³/mol. The molecule has 2 aromatic rings. The van der Waals surface area contributed by atoms with E-state index < -0.39 is 26.0 Å². The zero-order valence-electron chi connectivity index (χ0n) is 16.9. The van der Waals surface area contributed by atoms with Crippen LogP contribution in [0.2, 0.25) is 0 Å². The van der Waals surface area contributed by atoms with Crippen molar-refractivity contribution in [1.29, 1.82) is 0 Å². The molecule has 0 bridgehead atoms. The molecule has 164 valence electrons. The van der Waals surface area contributed by atoms with Crippen LogP contribution >= 0.6 is 7.60 Å². The van der Waals surface area contributed by atoms with E-state index in [0.29, 0.717) is 5.56 Å². The second-order valence-electron chi connectivity index (χ2n) is 6.11. The smallest absolute Gasteiger partial charge is 0.356 e. The van der Waals surface area contributed by atoms with Crippen LogP contribution in [0, 0.1) is 0 Å². The fraction of sp³-hybridized carbons (Fsp3) is 0.421. The fourth-order valence-corrected chi connectivity index (χ4v) is 3.90. The molecule has 1 unspecified atom stereocenters. The standard InChI is InChI=1S/C19H26N3O7P/c1-3-28-30(26,29-4-2)14-27-16(13-23)12-22-11-10-17(21-19(22)25)20-18(24)15-8-6-5-7-9-15/h5-11,16,23H,3-4,12-14H2,1-2H3,(H,20,21,24,25). The second kappa shape index (κ2) is 11.7. The van der Waals surface area contributed by atoms with Crippen molar-refractivity contribution in [2.24, 2.45) is 0 Å². The number of anilines is 1. The third kappa shape index (κ3) is 7.16. The lowest BCUT2D eigenvalue weighted by molar-refractivity contribution is 0.0148. The van der Waals surface area contributed by atoms with E-state index in [0.717, 1.165) is 0 Å². The molecule has 2 N–H and O–H groups in total. The first-order valence-corrected chi connectivity index (χ1v) is 11.2. The van der Waals surface area contributed by atoms with Crippen LogP contribution in [0.25, 0.3) is 0 Å². The summed E-state index contributed by atoms with van der Waals surface area (Å²) < 4.78 is 29.4. The summed E-state index contributed by atoms with van der Waals surface area (Å²) in [7, 11) is -3.44. The molecule has 0 saturated heterocycles. The van der Waals surface area contributed by atoms with E-state index in [2.05, 4.69) is 10.3 Å². The maximum absolute atomic E-state index is 12.4. The number of rotatable bonds is 12. The summed E-state index contributed by atoms with van der Waals surface area (Å²) in [5.41, 5.74) is -0.203. The average molecular weight is 439 g/mol. The molecule has 10 nitrogen and oxygen atoms in total. The zero-order chi connectivity index (χ0) is 22.0. The van der Waals surface area contributed by atoms with E-state index in [-0.39, 0.29) is 37.8 Å². The van der Waals surface area contributed by atoms with Crippen LogP contribution in [0.5, 0.6) is 0 Å². The van der Waals surface area contributed by atoms with Gasteiger partial charge < -0.3 is 24.2 Å². The monoisotopic (exact) mass is 439 g/mol. The molecule has 0 aliphatic rings. The van der Waals surface area contributed by atoms with E-state index in [1.54, 1.807) is 44.2 Å². The summed E-state index contributed by atoms with van der Waals surface area (Å²) in [5, 5.41) is 12.1. The molecule has 0 spiro atoms. The van der Waals surface area contributed by atoms with E-state index in [1.807, 2.05) is 0 Å². The zero-order valence-corrected chi connectivity index (χ0v) is 17.8. The number of carbonyl (C=O) groups is 1. The lowest BCUT2D eigenvalue weighted by Gasteiger charge is -2.21. The molecule has 0 fully saturated rings. The number of nitrogens with one attached hydrogen (secondary N) is 1. The van der Waals surface area contributed by atoms with Crippen LogP contribution in [0.1, 0.15) is 24.2 Å². The van der Waals surface area contributed by atoms with Gasteiger partial charge in [-0.15, -0.1) is 0 Å². The first-order valence-electron chi connectivity index (χ1n) is 9.45. The third-order valence-electron chi connectivity index (χ3n) is 3.88. The van der Waals surface area contributed by atoms with E-state index in [1.165, 1.54) is 16.8 Å². The quantitative estimate of drug-likeness (QED) is 0.481. The maximum Gasteiger partial charge on any atom is 0.356 e. The van der Waals surface area contributed by atoms with E-state index in [4.69, 9.17) is 13.8 Å². The Labute approximate surface area is 174 Å². The number of benzene rings is 1. The molecule has 1 aromatic carbocycles. The molecule has 30 heavy (non-hydrogen) atoms. The largest absolute Gasteiger partial charge is 0.394 e. The van der Waals surface area contributed by atoms with Gasteiger partial charge in [-0.05, 0) is 32.0 Å². The van der Waals surface area contributed by atoms with Gasteiger partial charge in [-0.3, -0.25) is 13.9 Å². The van der Waals surface area contributed by atoms with Gasteiger partial charge in [-0.2, -0.15) is 4.98 Å². The van der Waals surface area contributed by atoms with Crippen molar-refractivity contribution in [3.63, 3.8) is 0 Å². The van der Waals surface area contributed by atoms with Gasteiger partial charge in [0, 0.05) is 11.8 Å². The van der Waals surface area contributed by atoms with Gasteiger partial charge in [0.05, 0.1) is 32.5 Å². The first kappa shape index (κ1) is 23.9. The number of hydrogen-bond donors (Lipinski definition) is 2. The molecule has 0 aliphatic carbocycles. The maximum atomic E-state index is 12.4.